The third-order valence-corrected chi connectivity index (χ3v) is 3.73. The topological polar surface area (TPSA) is 51.0 Å². The number of hydrogen-bond donors (Lipinski definition) is 1. The zero-order valence-corrected chi connectivity index (χ0v) is 12.5. The predicted octanol–water partition coefficient (Wildman–Crippen LogP) is 3.42. The van der Waals surface area contributed by atoms with Gasteiger partial charge in [0, 0.05) is 16.5 Å². The van der Waals surface area contributed by atoms with Gasteiger partial charge in [0.15, 0.2) is 5.82 Å². The van der Waals surface area contributed by atoms with Crippen molar-refractivity contribution in [2.24, 2.45) is 0 Å². The number of nitrogens with one attached hydrogen (secondary N) is 1. The zero-order chi connectivity index (χ0) is 14.0. The molecular formula is C13H15Cl2N3O. The van der Waals surface area contributed by atoms with Crippen LogP contribution in [0.5, 0.6) is 0 Å². The van der Waals surface area contributed by atoms with Gasteiger partial charge in [-0.2, -0.15) is 4.98 Å². The molecule has 19 heavy (non-hydrogen) atoms. The fraction of sp³-hybridized carbons (Fsp3) is 0.385. The summed E-state index contributed by atoms with van der Waals surface area (Å²) >= 11 is 12.2. The standard InChI is InChI=1S/C13H15Cl2N3O/c1-13(2,16-3)12-17-11(18-19-12)7-8-9(14)5-4-6-10(8)15/h4-6,16H,7H2,1-3H3. The molecule has 0 bridgehead atoms. The van der Waals surface area contributed by atoms with E-state index < -0.39 is 0 Å². The van der Waals surface area contributed by atoms with Crippen LogP contribution in [0.3, 0.4) is 0 Å². The molecule has 0 radical (unpaired) electrons. The van der Waals surface area contributed by atoms with Crippen molar-refractivity contribution in [2.45, 2.75) is 25.8 Å². The molecule has 0 unspecified atom stereocenters. The minimum absolute atomic E-state index is 0.366. The molecule has 0 aliphatic carbocycles. The third kappa shape index (κ3) is 3.08. The fourth-order valence-electron chi connectivity index (χ4n) is 1.55. The summed E-state index contributed by atoms with van der Waals surface area (Å²) in [5.74, 6) is 1.10. The van der Waals surface area contributed by atoms with Crippen molar-refractivity contribution in [3.05, 3.63) is 45.5 Å². The average Bonchev–Trinajstić information content (AvgIpc) is 2.83. The van der Waals surface area contributed by atoms with Gasteiger partial charge in [-0.05, 0) is 38.6 Å². The normalized spacial score (nSPS) is 11.8. The molecule has 0 spiro atoms. The molecule has 0 saturated carbocycles. The zero-order valence-electron chi connectivity index (χ0n) is 11.0. The van der Waals surface area contributed by atoms with E-state index >= 15 is 0 Å². The summed E-state index contributed by atoms with van der Waals surface area (Å²) in [7, 11) is 1.84. The van der Waals surface area contributed by atoms with Gasteiger partial charge in [-0.1, -0.05) is 34.4 Å². The van der Waals surface area contributed by atoms with Crippen molar-refractivity contribution >= 4 is 23.2 Å². The minimum atomic E-state index is -0.366. The van der Waals surface area contributed by atoms with Crippen molar-refractivity contribution < 1.29 is 4.52 Å². The molecule has 0 fully saturated rings. The highest BCUT2D eigenvalue weighted by Crippen LogP contribution is 2.26. The van der Waals surface area contributed by atoms with Crippen LogP contribution in [0, 0.1) is 0 Å². The first-order valence-electron chi connectivity index (χ1n) is 5.89. The van der Waals surface area contributed by atoms with Gasteiger partial charge in [0.05, 0.1) is 5.54 Å². The van der Waals surface area contributed by atoms with Gasteiger partial charge in [-0.15, -0.1) is 0 Å². The van der Waals surface area contributed by atoms with E-state index in [4.69, 9.17) is 27.7 Å². The maximum Gasteiger partial charge on any atom is 0.246 e. The molecule has 0 aliphatic rings. The lowest BCUT2D eigenvalue weighted by atomic mass is 10.1. The summed E-state index contributed by atoms with van der Waals surface area (Å²) in [4.78, 5) is 4.37. The molecular weight excluding hydrogens is 285 g/mol. The predicted molar refractivity (Wildman–Crippen MR) is 75.7 cm³/mol. The Hall–Kier alpha value is -1.10. The molecule has 0 saturated heterocycles. The Morgan fingerprint density at radius 3 is 2.47 bits per heavy atom. The Morgan fingerprint density at radius 1 is 1.26 bits per heavy atom. The number of hydrogen-bond acceptors (Lipinski definition) is 4. The number of nitrogens with zero attached hydrogens (tertiary/aromatic N) is 2. The van der Waals surface area contributed by atoms with E-state index in [-0.39, 0.29) is 5.54 Å². The van der Waals surface area contributed by atoms with Crippen molar-refractivity contribution in [3.8, 4) is 0 Å². The highest BCUT2D eigenvalue weighted by Gasteiger charge is 2.25. The van der Waals surface area contributed by atoms with Crippen LogP contribution in [0.1, 0.15) is 31.1 Å². The molecule has 0 aliphatic heterocycles. The molecule has 102 valence electrons. The summed E-state index contributed by atoms with van der Waals surface area (Å²) in [5, 5.41) is 8.28. The second-order valence-corrected chi connectivity index (χ2v) is 5.58. The Morgan fingerprint density at radius 2 is 1.89 bits per heavy atom. The smallest absolute Gasteiger partial charge is 0.246 e. The van der Waals surface area contributed by atoms with Crippen LogP contribution in [-0.4, -0.2) is 17.2 Å². The first-order valence-corrected chi connectivity index (χ1v) is 6.64. The molecule has 1 N–H and O–H groups in total. The molecule has 2 aromatic rings. The van der Waals surface area contributed by atoms with Crippen LogP contribution < -0.4 is 5.32 Å². The van der Waals surface area contributed by atoms with Crippen molar-refractivity contribution in [1.29, 1.82) is 0 Å². The first kappa shape index (κ1) is 14.3. The van der Waals surface area contributed by atoms with Gasteiger partial charge in [0.25, 0.3) is 0 Å². The maximum absolute atomic E-state index is 6.12. The van der Waals surface area contributed by atoms with Crippen LogP contribution in [0.15, 0.2) is 22.7 Å². The second-order valence-electron chi connectivity index (χ2n) is 4.77. The molecule has 1 aromatic carbocycles. The third-order valence-electron chi connectivity index (χ3n) is 3.02. The Bertz CT molecular complexity index is 561. The number of aromatic nitrogens is 2. The van der Waals surface area contributed by atoms with Gasteiger partial charge >= 0.3 is 0 Å². The highest BCUT2D eigenvalue weighted by atomic mass is 35.5. The Labute approximate surface area is 122 Å². The quantitative estimate of drug-likeness (QED) is 0.940. The average molecular weight is 300 g/mol. The van der Waals surface area contributed by atoms with Crippen LogP contribution in [0.2, 0.25) is 10.0 Å². The Balaban J connectivity index is 2.26. The maximum atomic E-state index is 6.12. The van der Waals surface area contributed by atoms with E-state index in [0.717, 1.165) is 5.56 Å². The van der Waals surface area contributed by atoms with E-state index in [9.17, 15) is 0 Å². The lowest BCUT2D eigenvalue weighted by Gasteiger charge is -2.17. The highest BCUT2D eigenvalue weighted by molar-refractivity contribution is 6.36. The summed E-state index contributed by atoms with van der Waals surface area (Å²) < 4.78 is 5.26. The van der Waals surface area contributed by atoms with Crippen LogP contribution in [-0.2, 0) is 12.0 Å². The van der Waals surface area contributed by atoms with Crippen molar-refractivity contribution in [1.82, 2.24) is 15.5 Å². The summed E-state index contributed by atoms with van der Waals surface area (Å²) in [6.45, 7) is 3.93. The van der Waals surface area contributed by atoms with E-state index in [0.29, 0.717) is 28.2 Å². The first-order chi connectivity index (χ1) is 8.94. The molecule has 0 amide bonds. The second kappa shape index (κ2) is 5.49. The number of rotatable bonds is 4. The van der Waals surface area contributed by atoms with Crippen LogP contribution in [0.25, 0.3) is 0 Å². The van der Waals surface area contributed by atoms with Gasteiger partial charge in [0.1, 0.15) is 0 Å². The lowest BCUT2D eigenvalue weighted by molar-refractivity contribution is 0.279. The molecule has 2 rings (SSSR count). The number of benzene rings is 1. The van der Waals surface area contributed by atoms with E-state index in [1.54, 1.807) is 18.2 Å². The van der Waals surface area contributed by atoms with Crippen molar-refractivity contribution in [3.63, 3.8) is 0 Å². The summed E-state index contributed by atoms with van der Waals surface area (Å²) in [6.07, 6.45) is 0.446. The van der Waals surface area contributed by atoms with Crippen LogP contribution >= 0.6 is 23.2 Å². The fourth-order valence-corrected chi connectivity index (χ4v) is 2.08. The van der Waals surface area contributed by atoms with Gasteiger partial charge < -0.3 is 9.84 Å². The number of halogens is 2. The minimum Gasteiger partial charge on any atom is -0.337 e. The monoisotopic (exact) mass is 299 g/mol. The lowest BCUT2D eigenvalue weighted by Crippen LogP contribution is -2.33. The molecule has 6 heteroatoms. The largest absolute Gasteiger partial charge is 0.337 e. The van der Waals surface area contributed by atoms with E-state index in [1.807, 2.05) is 20.9 Å². The summed E-state index contributed by atoms with van der Waals surface area (Å²) in [5.41, 5.74) is 0.440. The van der Waals surface area contributed by atoms with Gasteiger partial charge in [-0.3, -0.25) is 0 Å². The molecule has 4 nitrogen and oxygen atoms in total. The molecule has 0 atom stereocenters. The van der Waals surface area contributed by atoms with Gasteiger partial charge in [0.2, 0.25) is 5.89 Å². The SMILES string of the molecule is CNC(C)(C)c1nc(Cc2c(Cl)cccc2Cl)no1. The van der Waals surface area contributed by atoms with Crippen LogP contribution in [0.4, 0.5) is 0 Å². The van der Waals surface area contributed by atoms with E-state index in [2.05, 4.69) is 15.5 Å². The summed E-state index contributed by atoms with van der Waals surface area (Å²) in [6, 6.07) is 5.39. The van der Waals surface area contributed by atoms with Crippen molar-refractivity contribution in [2.75, 3.05) is 7.05 Å². The van der Waals surface area contributed by atoms with Gasteiger partial charge in [-0.25, -0.2) is 0 Å². The van der Waals surface area contributed by atoms with E-state index in [1.165, 1.54) is 0 Å². The Kier molecular flexibility index (Phi) is 4.13. The molecule has 1 aromatic heterocycles. The molecule has 1 heterocycles.